The summed E-state index contributed by atoms with van der Waals surface area (Å²) in [7, 11) is 0. The Hall–Kier alpha value is -3.23. The molecule has 140 valence electrons. The first-order valence-corrected chi connectivity index (χ1v) is 8.10. The summed E-state index contributed by atoms with van der Waals surface area (Å²) in [6.07, 6.45) is -4.21. The zero-order valence-electron chi connectivity index (χ0n) is 14.3. The van der Waals surface area contributed by atoms with Crippen LogP contribution >= 0.6 is 0 Å². The largest absolute Gasteiger partial charge is 0.416 e. The van der Waals surface area contributed by atoms with E-state index >= 15 is 0 Å². The Labute approximate surface area is 152 Å². The molecule has 0 aliphatic rings. The van der Waals surface area contributed by atoms with Crippen LogP contribution in [0.25, 0.3) is 0 Å². The maximum Gasteiger partial charge on any atom is 0.416 e. The SMILES string of the molecule is Cc1cccc(C[C@H](C(=O)Nc2cccc(C(F)(F)F)c2)c2nn[nH]n2)c1. The van der Waals surface area contributed by atoms with Gasteiger partial charge in [-0.05, 0) is 37.1 Å². The highest BCUT2D eigenvalue weighted by Crippen LogP contribution is 2.31. The molecule has 3 aromatic rings. The van der Waals surface area contributed by atoms with Crippen molar-refractivity contribution in [2.45, 2.75) is 25.4 Å². The summed E-state index contributed by atoms with van der Waals surface area (Å²) >= 11 is 0. The van der Waals surface area contributed by atoms with E-state index in [0.29, 0.717) is 0 Å². The number of aromatic nitrogens is 4. The molecule has 0 aliphatic carbocycles. The fourth-order valence-corrected chi connectivity index (χ4v) is 2.70. The molecule has 9 heteroatoms. The van der Waals surface area contributed by atoms with Gasteiger partial charge in [0.05, 0.1) is 5.56 Å². The summed E-state index contributed by atoms with van der Waals surface area (Å²) in [5, 5.41) is 16.0. The minimum absolute atomic E-state index is 0.0487. The van der Waals surface area contributed by atoms with Crippen molar-refractivity contribution in [3.8, 4) is 0 Å². The van der Waals surface area contributed by atoms with Crippen LogP contribution in [0.15, 0.2) is 48.5 Å². The van der Waals surface area contributed by atoms with E-state index in [1.54, 1.807) is 0 Å². The number of halogens is 3. The molecule has 0 aliphatic heterocycles. The molecular formula is C18H16F3N5O. The maximum absolute atomic E-state index is 12.9. The van der Waals surface area contributed by atoms with Crippen LogP contribution in [-0.4, -0.2) is 26.5 Å². The summed E-state index contributed by atoms with van der Waals surface area (Å²) in [4.78, 5) is 12.7. The third kappa shape index (κ3) is 4.69. The third-order valence-corrected chi connectivity index (χ3v) is 3.97. The lowest BCUT2D eigenvalue weighted by molar-refractivity contribution is -0.137. The molecule has 0 bridgehead atoms. The highest BCUT2D eigenvalue weighted by molar-refractivity contribution is 5.95. The van der Waals surface area contributed by atoms with Gasteiger partial charge in [0.15, 0.2) is 5.82 Å². The van der Waals surface area contributed by atoms with Gasteiger partial charge in [0.25, 0.3) is 0 Å². The van der Waals surface area contributed by atoms with Crippen molar-refractivity contribution >= 4 is 11.6 Å². The fraction of sp³-hybridized carbons (Fsp3) is 0.222. The molecule has 0 unspecified atom stereocenters. The number of H-pyrrole nitrogens is 1. The summed E-state index contributed by atoms with van der Waals surface area (Å²) in [5.41, 5.74) is 1.12. The molecule has 0 saturated carbocycles. The number of anilines is 1. The number of carbonyl (C=O) groups excluding carboxylic acids is 1. The standard InChI is InChI=1S/C18H16F3N5O/c1-11-4-2-5-12(8-11)9-15(16-23-25-26-24-16)17(27)22-14-7-3-6-13(10-14)18(19,20)21/h2-8,10,15H,9H2,1H3,(H,22,27)(H,23,24,25,26)/t15-/m0/s1. The van der Waals surface area contributed by atoms with Crippen molar-refractivity contribution < 1.29 is 18.0 Å². The molecule has 0 radical (unpaired) electrons. The van der Waals surface area contributed by atoms with E-state index in [0.717, 1.165) is 23.3 Å². The summed E-state index contributed by atoms with van der Waals surface area (Å²) in [6, 6.07) is 12.0. The average molecular weight is 375 g/mol. The first kappa shape index (κ1) is 18.6. The molecule has 1 heterocycles. The van der Waals surface area contributed by atoms with Gasteiger partial charge in [0.2, 0.25) is 5.91 Å². The number of carbonyl (C=O) groups is 1. The Balaban J connectivity index is 1.84. The summed E-state index contributed by atoms with van der Waals surface area (Å²) in [6.45, 7) is 1.93. The molecule has 1 aromatic heterocycles. The molecule has 27 heavy (non-hydrogen) atoms. The predicted octanol–water partition coefficient (Wildman–Crippen LogP) is 3.49. The van der Waals surface area contributed by atoms with Crippen LogP contribution in [0.3, 0.4) is 0 Å². The van der Waals surface area contributed by atoms with E-state index in [1.807, 2.05) is 31.2 Å². The van der Waals surface area contributed by atoms with Gasteiger partial charge in [-0.1, -0.05) is 41.1 Å². The number of alkyl halides is 3. The lowest BCUT2D eigenvalue weighted by Crippen LogP contribution is -2.24. The number of nitrogens with one attached hydrogen (secondary N) is 2. The van der Waals surface area contributed by atoms with Crippen LogP contribution in [-0.2, 0) is 17.4 Å². The number of rotatable bonds is 5. The normalized spacial score (nSPS) is 12.6. The van der Waals surface area contributed by atoms with Gasteiger partial charge in [-0.15, -0.1) is 10.2 Å². The first-order chi connectivity index (χ1) is 12.8. The van der Waals surface area contributed by atoms with Crippen LogP contribution in [0.4, 0.5) is 18.9 Å². The lowest BCUT2D eigenvalue weighted by Gasteiger charge is -2.15. The van der Waals surface area contributed by atoms with Gasteiger partial charge in [-0.25, -0.2) is 0 Å². The van der Waals surface area contributed by atoms with Crippen LogP contribution in [0, 0.1) is 6.92 Å². The Kier molecular flexibility index (Phi) is 5.20. The number of hydrogen-bond donors (Lipinski definition) is 2. The molecule has 1 atom stereocenters. The number of benzene rings is 2. The Morgan fingerprint density at radius 2 is 1.96 bits per heavy atom. The lowest BCUT2D eigenvalue weighted by atomic mass is 9.96. The van der Waals surface area contributed by atoms with Crippen LogP contribution in [0.2, 0.25) is 0 Å². The number of aromatic amines is 1. The number of nitrogens with zero attached hydrogens (tertiary/aromatic N) is 3. The zero-order chi connectivity index (χ0) is 19.4. The molecule has 3 rings (SSSR count). The van der Waals surface area contributed by atoms with Crippen LogP contribution < -0.4 is 5.32 Å². The van der Waals surface area contributed by atoms with E-state index in [1.165, 1.54) is 12.1 Å². The van der Waals surface area contributed by atoms with Gasteiger partial charge in [0, 0.05) is 5.69 Å². The van der Waals surface area contributed by atoms with Gasteiger partial charge in [0.1, 0.15) is 5.92 Å². The number of tetrazole rings is 1. The van der Waals surface area contributed by atoms with Crippen LogP contribution in [0.5, 0.6) is 0 Å². The van der Waals surface area contributed by atoms with Crippen molar-refractivity contribution in [1.29, 1.82) is 0 Å². The quantitative estimate of drug-likeness (QED) is 0.715. The minimum Gasteiger partial charge on any atom is -0.325 e. The van der Waals surface area contributed by atoms with Crippen LogP contribution in [0.1, 0.15) is 28.4 Å². The molecular weight excluding hydrogens is 359 g/mol. The maximum atomic E-state index is 12.9. The fourth-order valence-electron chi connectivity index (χ4n) is 2.70. The van der Waals surface area contributed by atoms with E-state index in [4.69, 9.17) is 0 Å². The van der Waals surface area contributed by atoms with E-state index < -0.39 is 23.6 Å². The highest BCUT2D eigenvalue weighted by atomic mass is 19.4. The second kappa shape index (κ2) is 7.56. The molecule has 0 saturated heterocycles. The summed E-state index contributed by atoms with van der Waals surface area (Å²) < 4.78 is 38.6. The van der Waals surface area contributed by atoms with E-state index in [2.05, 4.69) is 25.9 Å². The smallest absolute Gasteiger partial charge is 0.325 e. The monoisotopic (exact) mass is 375 g/mol. The average Bonchev–Trinajstić information content (AvgIpc) is 3.13. The second-order valence-electron chi connectivity index (χ2n) is 6.08. The second-order valence-corrected chi connectivity index (χ2v) is 6.08. The molecule has 0 fully saturated rings. The zero-order valence-corrected chi connectivity index (χ0v) is 14.3. The molecule has 0 spiro atoms. The van der Waals surface area contributed by atoms with Crippen molar-refractivity contribution in [3.63, 3.8) is 0 Å². The van der Waals surface area contributed by atoms with Crippen molar-refractivity contribution in [2.24, 2.45) is 0 Å². The van der Waals surface area contributed by atoms with Gasteiger partial charge in [-0.2, -0.15) is 18.4 Å². The number of hydrogen-bond acceptors (Lipinski definition) is 4. The topological polar surface area (TPSA) is 83.6 Å². The number of aryl methyl sites for hydroxylation is 1. The van der Waals surface area contributed by atoms with Crippen molar-refractivity contribution in [1.82, 2.24) is 20.6 Å². The minimum atomic E-state index is -4.49. The van der Waals surface area contributed by atoms with Crippen molar-refractivity contribution in [2.75, 3.05) is 5.32 Å². The first-order valence-electron chi connectivity index (χ1n) is 8.10. The summed E-state index contributed by atoms with van der Waals surface area (Å²) in [5.74, 6) is -1.15. The number of amides is 1. The van der Waals surface area contributed by atoms with Gasteiger partial charge < -0.3 is 5.32 Å². The van der Waals surface area contributed by atoms with Gasteiger partial charge >= 0.3 is 6.18 Å². The molecule has 2 N–H and O–H groups in total. The van der Waals surface area contributed by atoms with E-state index in [9.17, 15) is 18.0 Å². The predicted molar refractivity (Wildman–Crippen MR) is 91.9 cm³/mol. The van der Waals surface area contributed by atoms with Gasteiger partial charge in [-0.3, -0.25) is 4.79 Å². The van der Waals surface area contributed by atoms with Crippen molar-refractivity contribution in [3.05, 3.63) is 71.0 Å². The Bertz CT molecular complexity index is 925. The molecule has 1 amide bonds. The Morgan fingerprint density at radius 1 is 1.19 bits per heavy atom. The van der Waals surface area contributed by atoms with E-state index in [-0.39, 0.29) is 17.9 Å². The third-order valence-electron chi connectivity index (χ3n) is 3.97. The molecule has 6 nitrogen and oxygen atoms in total. The highest BCUT2D eigenvalue weighted by Gasteiger charge is 2.31. The Morgan fingerprint density at radius 3 is 2.63 bits per heavy atom. The molecule has 2 aromatic carbocycles.